The van der Waals surface area contributed by atoms with E-state index in [9.17, 15) is 8.78 Å². The highest BCUT2D eigenvalue weighted by atomic mass is 79.9. The normalized spacial score (nSPS) is 21.7. The first-order valence-corrected chi connectivity index (χ1v) is 5.83. The fourth-order valence-electron chi connectivity index (χ4n) is 1.97. The van der Waals surface area contributed by atoms with Crippen LogP contribution in [0.3, 0.4) is 0 Å². The van der Waals surface area contributed by atoms with Gasteiger partial charge in [-0.25, -0.2) is 8.78 Å². The Bertz CT molecular complexity index is 362. The summed E-state index contributed by atoms with van der Waals surface area (Å²) in [5.74, 6) is -0.615. The second-order valence-corrected chi connectivity index (χ2v) is 4.69. The van der Waals surface area contributed by atoms with Gasteiger partial charge in [-0.3, -0.25) is 0 Å². The van der Waals surface area contributed by atoms with Crippen LogP contribution in [0.2, 0.25) is 0 Å². The molecule has 1 unspecified atom stereocenters. The number of benzene rings is 1. The third-order valence-electron chi connectivity index (χ3n) is 2.78. The zero-order valence-corrected chi connectivity index (χ0v) is 9.78. The summed E-state index contributed by atoms with van der Waals surface area (Å²) in [5.41, 5.74) is 0.489. The molecule has 1 aromatic carbocycles. The summed E-state index contributed by atoms with van der Waals surface area (Å²) in [6.07, 6.45) is 1.94. The molecular weight excluding hydrogens is 264 g/mol. The van der Waals surface area contributed by atoms with Gasteiger partial charge in [0.2, 0.25) is 0 Å². The first-order valence-electron chi connectivity index (χ1n) is 5.03. The van der Waals surface area contributed by atoms with Crippen LogP contribution in [0, 0.1) is 11.6 Å². The molecule has 82 valence electrons. The van der Waals surface area contributed by atoms with Crippen LogP contribution < -0.4 is 5.32 Å². The van der Waals surface area contributed by atoms with Crippen molar-refractivity contribution in [1.82, 2.24) is 5.32 Å². The molecule has 0 amide bonds. The van der Waals surface area contributed by atoms with E-state index in [1.165, 1.54) is 12.1 Å². The maximum atomic E-state index is 13.6. The van der Waals surface area contributed by atoms with E-state index in [2.05, 4.69) is 21.2 Å². The van der Waals surface area contributed by atoms with Crippen molar-refractivity contribution in [3.05, 3.63) is 33.8 Å². The Hall–Kier alpha value is -0.480. The highest BCUT2D eigenvalue weighted by Gasteiger charge is 2.20. The Morgan fingerprint density at radius 3 is 2.73 bits per heavy atom. The first-order chi connectivity index (χ1) is 7.18. The van der Waals surface area contributed by atoms with E-state index in [0.717, 1.165) is 25.9 Å². The third kappa shape index (κ3) is 2.37. The molecule has 1 atom stereocenters. The molecule has 1 nitrogen and oxygen atoms in total. The van der Waals surface area contributed by atoms with Crippen LogP contribution in [0.25, 0.3) is 0 Å². The fourth-order valence-corrected chi connectivity index (χ4v) is 2.28. The molecule has 1 aliphatic rings. The van der Waals surface area contributed by atoms with Crippen molar-refractivity contribution in [3.63, 3.8) is 0 Å². The van der Waals surface area contributed by atoms with Gasteiger partial charge in [0, 0.05) is 6.54 Å². The molecule has 15 heavy (non-hydrogen) atoms. The molecular formula is C11H12BrF2N. The Morgan fingerprint density at radius 2 is 2.07 bits per heavy atom. The van der Waals surface area contributed by atoms with Gasteiger partial charge in [0.05, 0.1) is 4.47 Å². The first kappa shape index (κ1) is 11.0. The minimum atomic E-state index is -0.392. The second kappa shape index (κ2) is 4.58. The van der Waals surface area contributed by atoms with Crippen molar-refractivity contribution < 1.29 is 8.78 Å². The molecule has 1 aromatic rings. The van der Waals surface area contributed by atoms with Gasteiger partial charge in [-0.1, -0.05) is 0 Å². The topological polar surface area (TPSA) is 12.0 Å². The average molecular weight is 276 g/mol. The van der Waals surface area contributed by atoms with Crippen LogP contribution in [0.4, 0.5) is 8.78 Å². The maximum absolute atomic E-state index is 13.6. The zero-order valence-electron chi connectivity index (χ0n) is 8.19. The lowest BCUT2D eigenvalue weighted by molar-refractivity contribution is 0.443. The summed E-state index contributed by atoms with van der Waals surface area (Å²) in [6.45, 7) is 1.70. The largest absolute Gasteiger partial charge is 0.316 e. The molecule has 1 saturated heterocycles. The molecule has 1 fully saturated rings. The van der Waals surface area contributed by atoms with Gasteiger partial charge >= 0.3 is 0 Å². The number of hydrogen-bond acceptors (Lipinski definition) is 1. The van der Waals surface area contributed by atoms with Crippen molar-refractivity contribution in [2.45, 2.75) is 18.8 Å². The zero-order chi connectivity index (χ0) is 10.8. The van der Waals surface area contributed by atoms with Gasteiger partial charge < -0.3 is 5.32 Å². The molecule has 0 spiro atoms. The standard InChI is InChI=1S/C11H12BrF2N/c12-9-5-10(13)8(4-11(9)14)7-2-1-3-15-6-7/h4-5,7,15H,1-3,6H2. The predicted octanol–water partition coefficient (Wildman–Crippen LogP) is 3.19. The van der Waals surface area contributed by atoms with Gasteiger partial charge in [0.25, 0.3) is 0 Å². The predicted molar refractivity (Wildman–Crippen MR) is 58.9 cm³/mol. The molecule has 1 aliphatic heterocycles. The molecule has 0 radical (unpaired) electrons. The van der Waals surface area contributed by atoms with Gasteiger partial charge in [-0.05, 0) is 58.9 Å². The van der Waals surface area contributed by atoms with Crippen LogP contribution in [0.5, 0.6) is 0 Å². The minimum Gasteiger partial charge on any atom is -0.316 e. The molecule has 1 N–H and O–H groups in total. The lowest BCUT2D eigenvalue weighted by Gasteiger charge is -2.23. The van der Waals surface area contributed by atoms with E-state index in [4.69, 9.17) is 0 Å². The molecule has 0 aliphatic carbocycles. The monoisotopic (exact) mass is 275 g/mol. The number of hydrogen-bond donors (Lipinski definition) is 1. The molecule has 1 heterocycles. The Kier molecular flexibility index (Phi) is 3.36. The fraction of sp³-hybridized carbons (Fsp3) is 0.455. The van der Waals surface area contributed by atoms with Crippen molar-refractivity contribution in [2.75, 3.05) is 13.1 Å². The summed E-state index contributed by atoms with van der Waals surface area (Å²) in [7, 11) is 0. The summed E-state index contributed by atoms with van der Waals surface area (Å²) < 4.78 is 27.1. The van der Waals surface area contributed by atoms with Crippen LogP contribution in [-0.2, 0) is 0 Å². The van der Waals surface area contributed by atoms with Gasteiger partial charge in [0.15, 0.2) is 0 Å². The number of halogens is 3. The quantitative estimate of drug-likeness (QED) is 0.777. The van der Waals surface area contributed by atoms with E-state index >= 15 is 0 Å². The average Bonchev–Trinajstić information content (AvgIpc) is 2.25. The van der Waals surface area contributed by atoms with E-state index in [1.807, 2.05) is 0 Å². The number of piperidine rings is 1. The molecule has 2 rings (SSSR count). The summed E-state index contributed by atoms with van der Waals surface area (Å²) in [5, 5.41) is 3.19. The highest BCUT2D eigenvalue weighted by Crippen LogP contribution is 2.29. The number of rotatable bonds is 1. The number of nitrogens with one attached hydrogen (secondary N) is 1. The van der Waals surface area contributed by atoms with Gasteiger partial charge in [-0.2, -0.15) is 0 Å². The summed E-state index contributed by atoms with van der Waals surface area (Å²) >= 11 is 2.97. The van der Waals surface area contributed by atoms with Gasteiger partial charge in [0.1, 0.15) is 11.6 Å². The molecule has 0 bridgehead atoms. The van der Waals surface area contributed by atoms with Crippen LogP contribution in [-0.4, -0.2) is 13.1 Å². The maximum Gasteiger partial charge on any atom is 0.137 e. The van der Waals surface area contributed by atoms with Crippen molar-refractivity contribution >= 4 is 15.9 Å². The van der Waals surface area contributed by atoms with Crippen LogP contribution in [0.1, 0.15) is 24.3 Å². The van der Waals surface area contributed by atoms with Crippen LogP contribution in [0.15, 0.2) is 16.6 Å². The molecule has 4 heteroatoms. The Labute approximate surface area is 96.0 Å². The Morgan fingerprint density at radius 1 is 1.27 bits per heavy atom. The second-order valence-electron chi connectivity index (χ2n) is 3.83. The van der Waals surface area contributed by atoms with E-state index in [0.29, 0.717) is 5.56 Å². The van der Waals surface area contributed by atoms with Crippen molar-refractivity contribution in [2.24, 2.45) is 0 Å². The van der Waals surface area contributed by atoms with E-state index in [1.54, 1.807) is 0 Å². The summed E-state index contributed by atoms with van der Waals surface area (Å²) in [4.78, 5) is 0. The lowest BCUT2D eigenvalue weighted by atomic mass is 9.91. The smallest absolute Gasteiger partial charge is 0.137 e. The van der Waals surface area contributed by atoms with E-state index in [-0.39, 0.29) is 16.2 Å². The summed E-state index contributed by atoms with van der Waals surface area (Å²) in [6, 6.07) is 2.51. The van der Waals surface area contributed by atoms with E-state index < -0.39 is 5.82 Å². The highest BCUT2D eigenvalue weighted by molar-refractivity contribution is 9.10. The van der Waals surface area contributed by atoms with Crippen molar-refractivity contribution in [1.29, 1.82) is 0 Å². The SMILES string of the molecule is Fc1cc(C2CCCNC2)c(F)cc1Br. The Balaban J connectivity index is 2.30. The molecule has 0 saturated carbocycles. The lowest BCUT2D eigenvalue weighted by Crippen LogP contribution is -2.28. The third-order valence-corrected chi connectivity index (χ3v) is 3.38. The van der Waals surface area contributed by atoms with Crippen LogP contribution >= 0.6 is 15.9 Å². The van der Waals surface area contributed by atoms with Crippen molar-refractivity contribution in [3.8, 4) is 0 Å². The minimum absolute atomic E-state index is 0.0985. The molecule has 0 aromatic heterocycles. The van der Waals surface area contributed by atoms with Gasteiger partial charge in [-0.15, -0.1) is 0 Å².